The van der Waals surface area contributed by atoms with Gasteiger partial charge < -0.3 is 9.84 Å². The minimum absolute atomic E-state index is 0.117. The van der Waals surface area contributed by atoms with Crippen LogP contribution in [0.3, 0.4) is 0 Å². The highest BCUT2D eigenvalue weighted by molar-refractivity contribution is 5.85. The summed E-state index contributed by atoms with van der Waals surface area (Å²) in [6.07, 6.45) is -15.3. The first-order chi connectivity index (χ1) is 18.0. The summed E-state index contributed by atoms with van der Waals surface area (Å²) in [4.78, 5) is 0. The number of nitrogens with zero attached hydrogens (tertiary/aromatic N) is 1. The van der Waals surface area contributed by atoms with Crippen LogP contribution >= 0.6 is 0 Å². The Morgan fingerprint density at radius 3 is 1.85 bits per heavy atom. The predicted molar refractivity (Wildman–Crippen MR) is 117 cm³/mol. The van der Waals surface area contributed by atoms with E-state index in [1.807, 2.05) is 5.10 Å². The Kier molecular flexibility index (Phi) is 7.00. The second-order valence-electron chi connectivity index (χ2n) is 8.21. The van der Waals surface area contributed by atoms with Gasteiger partial charge in [0.2, 0.25) is 0 Å². The zero-order valence-electron chi connectivity index (χ0n) is 19.1. The van der Waals surface area contributed by atoms with Gasteiger partial charge in [0.25, 0.3) is 0 Å². The van der Waals surface area contributed by atoms with E-state index in [0.717, 1.165) is 24.3 Å². The summed E-state index contributed by atoms with van der Waals surface area (Å²) in [6, 6.07) is 7.94. The number of alkyl halides is 9. The van der Waals surface area contributed by atoms with E-state index < -0.39 is 75.1 Å². The number of benzene rings is 3. The van der Waals surface area contributed by atoms with E-state index in [-0.39, 0.29) is 12.7 Å². The Hall–Kier alpha value is -4.23. The van der Waals surface area contributed by atoms with Gasteiger partial charge in [-0.25, -0.2) is 4.39 Å². The largest absolute Gasteiger partial charge is 0.506 e. The van der Waals surface area contributed by atoms with Crippen LogP contribution in [0, 0.1) is 5.82 Å². The zero-order valence-corrected chi connectivity index (χ0v) is 19.1. The Balaban J connectivity index is 1.91. The average molecular weight is 564 g/mol. The molecule has 2 N–H and O–H groups in total. The second kappa shape index (κ2) is 9.82. The van der Waals surface area contributed by atoms with Crippen LogP contribution in [-0.4, -0.2) is 15.3 Å². The van der Waals surface area contributed by atoms with E-state index in [2.05, 4.69) is 5.10 Å². The van der Waals surface area contributed by atoms with Gasteiger partial charge in [-0.2, -0.15) is 44.6 Å². The monoisotopic (exact) mass is 564 g/mol. The van der Waals surface area contributed by atoms with Gasteiger partial charge in [-0.1, -0.05) is 12.1 Å². The van der Waals surface area contributed by atoms with Crippen molar-refractivity contribution < 1.29 is 53.7 Å². The maximum atomic E-state index is 13.5. The third-order valence-corrected chi connectivity index (χ3v) is 5.48. The maximum absolute atomic E-state index is 13.5. The highest BCUT2D eigenvalue weighted by atomic mass is 19.4. The van der Waals surface area contributed by atoms with Crippen LogP contribution in [0.15, 0.2) is 60.7 Å². The van der Waals surface area contributed by atoms with Crippen molar-refractivity contribution in [2.45, 2.75) is 25.1 Å². The first-order valence-electron chi connectivity index (χ1n) is 10.7. The van der Waals surface area contributed by atoms with Crippen molar-refractivity contribution in [3.8, 4) is 33.9 Å². The highest BCUT2D eigenvalue weighted by Crippen LogP contribution is 2.47. The van der Waals surface area contributed by atoms with Crippen molar-refractivity contribution in [3.63, 3.8) is 0 Å². The summed E-state index contributed by atoms with van der Waals surface area (Å²) in [5.74, 6) is -1.96. The maximum Gasteiger partial charge on any atom is 0.435 e. The number of ether oxygens (including phenoxy) is 1. The van der Waals surface area contributed by atoms with E-state index >= 15 is 0 Å². The molecule has 0 bridgehead atoms. The van der Waals surface area contributed by atoms with Crippen molar-refractivity contribution in [3.05, 3.63) is 88.9 Å². The Morgan fingerprint density at radius 2 is 1.33 bits per heavy atom. The molecule has 3 aromatic carbocycles. The van der Waals surface area contributed by atoms with Crippen LogP contribution in [0.2, 0.25) is 0 Å². The summed E-state index contributed by atoms with van der Waals surface area (Å²) in [5, 5.41) is 16.1. The Labute approximate surface area is 212 Å². The number of hydrogen-bond donors (Lipinski definition) is 2. The van der Waals surface area contributed by atoms with E-state index in [1.165, 1.54) is 12.1 Å². The molecule has 0 saturated heterocycles. The standard InChI is InChI=1S/C25H14F10N2O2/c26-16-3-1-12(2-4-16)11-39-19-6-5-17(18-10-20(37-36-18)25(33,34)35)22(38)21(19)13-7-14(23(27,28)29)9-15(8-13)24(30,31)32/h1-10,38H,11H2,(H,36,37). The number of aromatic amines is 1. The molecule has 0 atom stereocenters. The van der Waals surface area contributed by atoms with Gasteiger partial charge >= 0.3 is 18.5 Å². The van der Waals surface area contributed by atoms with E-state index in [0.29, 0.717) is 23.8 Å². The fourth-order valence-electron chi connectivity index (χ4n) is 3.64. The number of aromatic hydroxyl groups is 1. The second-order valence-corrected chi connectivity index (χ2v) is 8.21. The average Bonchev–Trinajstić information content (AvgIpc) is 3.33. The molecule has 0 unspecified atom stereocenters. The number of aromatic nitrogens is 2. The lowest BCUT2D eigenvalue weighted by Gasteiger charge is -2.19. The topological polar surface area (TPSA) is 58.1 Å². The normalized spacial score (nSPS) is 12.6. The van der Waals surface area contributed by atoms with Gasteiger partial charge in [0.15, 0.2) is 5.69 Å². The van der Waals surface area contributed by atoms with Crippen LogP contribution in [-0.2, 0) is 25.1 Å². The number of phenolic OH excluding ortho intramolecular Hbond substituents is 1. The number of phenols is 1. The summed E-state index contributed by atoms with van der Waals surface area (Å²) in [7, 11) is 0. The van der Waals surface area contributed by atoms with Crippen molar-refractivity contribution in [1.82, 2.24) is 10.2 Å². The molecule has 1 aromatic heterocycles. The van der Waals surface area contributed by atoms with Crippen LogP contribution in [0.5, 0.6) is 11.5 Å². The summed E-state index contributed by atoms with van der Waals surface area (Å²) < 4.78 is 139. The van der Waals surface area contributed by atoms with Gasteiger partial charge in [0.05, 0.1) is 22.4 Å². The first kappa shape index (κ1) is 27.8. The number of H-pyrrole nitrogens is 1. The van der Waals surface area contributed by atoms with Gasteiger partial charge in [0, 0.05) is 5.56 Å². The molecule has 39 heavy (non-hydrogen) atoms. The van der Waals surface area contributed by atoms with Crippen LogP contribution in [0.1, 0.15) is 22.4 Å². The lowest BCUT2D eigenvalue weighted by atomic mass is 9.95. The zero-order chi connectivity index (χ0) is 28.8. The van der Waals surface area contributed by atoms with Gasteiger partial charge in [-0.3, -0.25) is 5.10 Å². The Bertz CT molecular complexity index is 1450. The van der Waals surface area contributed by atoms with Crippen molar-refractivity contribution in [2.24, 2.45) is 0 Å². The smallest absolute Gasteiger partial charge is 0.435 e. The number of nitrogens with one attached hydrogen (secondary N) is 1. The Morgan fingerprint density at radius 1 is 0.744 bits per heavy atom. The molecule has 14 heteroatoms. The molecule has 206 valence electrons. The lowest BCUT2D eigenvalue weighted by Crippen LogP contribution is -2.11. The van der Waals surface area contributed by atoms with Gasteiger partial charge in [-0.15, -0.1) is 0 Å². The molecule has 0 saturated carbocycles. The van der Waals surface area contributed by atoms with Crippen LogP contribution in [0.4, 0.5) is 43.9 Å². The van der Waals surface area contributed by atoms with E-state index in [4.69, 9.17) is 4.74 Å². The van der Waals surface area contributed by atoms with Crippen LogP contribution in [0.25, 0.3) is 22.4 Å². The molecular weight excluding hydrogens is 550 g/mol. The predicted octanol–water partition coefficient (Wildman–Crippen LogP) is 8.22. The molecule has 0 spiro atoms. The summed E-state index contributed by atoms with van der Waals surface area (Å²) >= 11 is 0. The quantitative estimate of drug-likeness (QED) is 0.240. The molecule has 0 fully saturated rings. The molecule has 4 rings (SSSR count). The molecule has 0 amide bonds. The van der Waals surface area contributed by atoms with Crippen molar-refractivity contribution in [2.75, 3.05) is 0 Å². The van der Waals surface area contributed by atoms with Crippen molar-refractivity contribution >= 4 is 0 Å². The number of hydrogen-bond acceptors (Lipinski definition) is 3. The minimum Gasteiger partial charge on any atom is -0.506 e. The molecule has 0 aliphatic heterocycles. The molecule has 4 aromatic rings. The van der Waals surface area contributed by atoms with Gasteiger partial charge in [0.1, 0.15) is 23.9 Å². The fourth-order valence-corrected chi connectivity index (χ4v) is 3.64. The molecule has 0 radical (unpaired) electrons. The molecule has 4 nitrogen and oxygen atoms in total. The third-order valence-electron chi connectivity index (χ3n) is 5.48. The SMILES string of the molecule is Oc1c(-c2cc(C(F)(F)F)n[nH]2)ccc(OCc2ccc(F)cc2)c1-c1cc(C(F)(F)F)cc(C(F)(F)F)c1. The molecular formula is C25H14F10N2O2. The fraction of sp³-hybridized carbons (Fsp3) is 0.160. The van der Waals surface area contributed by atoms with Crippen LogP contribution < -0.4 is 4.74 Å². The number of rotatable bonds is 5. The summed E-state index contributed by atoms with van der Waals surface area (Å²) in [6.45, 7) is -0.348. The third kappa shape index (κ3) is 6.10. The number of halogens is 10. The first-order valence-corrected chi connectivity index (χ1v) is 10.7. The molecule has 0 aliphatic carbocycles. The van der Waals surface area contributed by atoms with Gasteiger partial charge in [-0.05, 0) is 59.7 Å². The minimum atomic E-state index is -5.22. The highest BCUT2D eigenvalue weighted by Gasteiger charge is 2.38. The van der Waals surface area contributed by atoms with Crippen molar-refractivity contribution in [1.29, 1.82) is 0 Å². The van der Waals surface area contributed by atoms with E-state index in [9.17, 15) is 49.0 Å². The molecule has 0 aliphatic rings. The van der Waals surface area contributed by atoms with E-state index in [1.54, 1.807) is 0 Å². The molecule has 1 heterocycles. The lowest BCUT2D eigenvalue weighted by molar-refractivity contribution is -0.143. The summed E-state index contributed by atoms with van der Waals surface area (Å²) in [5.41, 5.74) is -6.68.